The lowest BCUT2D eigenvalue weighted by Crippen LogP contribution is -2.44. The number of nitrogens with one attached hydrogen (secondary N) is 1. The third-order valence-corrected chi connectivity index (χ3v) is 4.30. The Balaban J connectivity index is 2.40. The van der Waals surface area contributed by atoms with Crippen molar-refractivity contribution >= 4 is 21.1 Å². The summed E-state index contributed by atoms with van der Waals surface area (Å²) in [6, 6.07) is 2.30. The summed E-state index contributed by atoms with van der Waals surface area (Å²) in [6.07, 6.45) is 0. The van der Waals surface area contributed by atoms with Gasteiger partial charge in [0.2, 0.25) is 0 Å². The SMILES string of the molecule is Cc1cc(N2CCNCC2)c(C)c(C)c1[Si]. The van der Waals surface area contributed by atoms with Crippen LogP contribution in [0.25, 0.3) is 0 Å². The van der Waals surface area contributed by atoms with Crippen molar-refractivity contribution in [1.82, 2.24) is 5.32 Å². The summed E-state index contributed by atoms with van der Waals surface area (Å²) in [7, 11) is 3.71. The highest BCUT2D eigenvalue weighted by atomic mass is 28.1. The van der Waals surface area contributed by atoms with Crippen molar-refractivity contribution in [3.8, 4) is 0 Å². The molecule has 0 bridgehead atoms. The summed E-state index contributed by atoms with van der Waals surface area (Å²) in [5, 5.41) is 4.64. The Kier molecular flexibility index (Phi) is 3.35. The Hall–Kier alpha value is -0.803. The molecule has 0 spiro atoms. The minimum Gasteiger partial charge on any atom is -0.369 e. The molecule has 1 aliphatic heterocycles. The van der Waals surface area contributed by atoms with Crippen molar-refractivity contribution in [2.45, 2.75) is 20.8 Å². The fourth-order valence-corrected chi connectivity index (χ4v) is 2.55. The van der Waals surface area contributed by atoms with Gasteiger partial charge in [0.1, 0.15) is 0 Å². The van der Waals surface area contributed by atoms with Crippen LogP contribution in [0.15, 0.2) is 6.07 Å². The maximum atomic E-state index is 3.71. The van der Waals surface area contributed by atoms with E-state index in [2.05, 4.69) is 47.3 Å². The Morgan fingerprint density at radius 3 is 2.38 bits per heavy atom. The maximum absolute atomic E-state index is 3.71. The lowest BCUT2D eigenvalue weighted by Gasteiger charge is -2.32. The monoisotopic (exact) mass is 231 g/mol. The summed E-state index contributed by atoms with van der Waals surface area (Å²) in [5.41, 5.74) is 5.49. The zero-order chi connectivity index (χ0) is 11.7. The van der Waals surface area contributed by atoms with Gasteiger partial charge in [0.25, 0.3) is 0 Å². The predicted molar refractivity (Wildman–Crippen MR) is 71.1 cm³/mol. The highest BCUT2D eigenvalue weighted by molar-refractivity contribution is 6.34. The number of hydrogen-bond donors (Lipinski definition) is 1. The van der Waals surface area contributed by atoms with E-state index in [1.54, 1.807) is 0 Å². The molecule has 1 aliphatic rings. The van der Waals surface area contributed by atoms with Crippen LogP contribution in [0.3, 0.4) is 0 Å². The zero-order valence-electron chi connectivity index (χ0n) is 10.4. The van der Waals surface area contributed by atoms with Crippen LogP contribution in [0.2, 0.25) is 0 Å². The first-order valence-electron chi connectivity index (χ1n) is 5.89. The summed E-state index contributed by atoms with van der Waals surface area (Å²) < 4.78 is 0. The molecular formula is C13H19N2Si. The molecule has 3 radical (unpaired) electrons. The van der Waals surface area contributed by atoms with Gasteiger partial charge in [0.15, 0.2) is 0 Å². The molecule has 1 heterocycles. The van der Waals surface area contributed by atoms with Crippen LogP contribution < -0.4 is 15.4 Å². The number of rotatable bonds is 1. The van der Waals surface area contributed by atoms with Crippen molar-refractivity contribution in [2.24, 2.45) is 0 Å². The Morgan fingerprint density at radius 1 is 1.12 bits per heavy atom. The number of hydrogen-bond acceptors (Lipinski definition) is 2. The van der Waals surface area contributed by atoms with Gasteiger partial charge >= 0.3 is 0 Å². The van der Waals surface area contributed by atoms with Crippen molar-refractivity contribution in [3.63, 3.8) is 0 Å². The van der Waals surface area contributed by atoms with E-state index in [9.17, 15) is 0 Å². The summed E-state index contributed by atoms with van der Waals surface area (Å²) >= 11 is 0. The van der Waals surface area contributed by atoms with Crippen LogP contribution in [0, 0.1) is 20.8 Å². The van der Waals surface area contributed by atoms with Crippen molar-refractivity contribution in [1.29, 1.82) is 0 Å². The molecule has 0 amide bonds. The van der Waals surface area contributed by atoms with Crippen LogP contribution in [0.1, 0.15) is 16.7 Å². The van der Waals surface area contributed by atoms with E-state index in [-0.39, 0.29) is 0 Å². The molecule has 1 saturated heterocycles. The Bertz CT molecular complexity index is 395. The number of piperazine rings is 1. The number of aryl methyl sites for hydroxylation is 1. The maximum Gasteiger partial charge on any atom is 0.0719 e. The summed E-state index contributed by atoms with van der Waals surface area (Å²) in [4.78, 5) is 2.48. The molecule has 85 valence electrons. The molecule has 1 aromatic carbocycles. The predicted octanol–water partition coefficient (Wildman–Crippen LogP) is 0.815. The third kappa shape index (κ3) is 2.02. The highest BCUT2D eigenvalue weighted by Gasteiger charge is 2.15. The lowest BCUT2D eigenvalue weighted by atomic mass is 10.0. The van der Waals surface area contributed by atoms with Crippen molar-refractivity contribution in [2.75, 3.05) is 31.1 Å². The molecule has 16 heavy (non-hydrogen) atoms. The molecule has 0 unspecified atom stereocenters. The Morgan fingerprint density at radius 2 is 1.75 bits per heavy atom. The topological polar surface area (TPSA) is 15.3 Å². The fraction of sp³-hybridized carbons (Fsp3) is 0.538. The van der Waals surface area contributed by atoms with E-state index in [1.165, 1.54) is 27.6 Å². The number of nitrogens with zero attached hydrogens (tertiary/aromatic N) is 1. The van der Waals surface area contributed by atoms with E-state index in [0.717, 1.165) is 26.2 Å². The van der Waals surface area contributed by atoms with Gasteiger partial charge in [-0.25, -0.2) is 0 Å². The quantitative estimate of drug-likeness (QED) is 0.720. The van der Waals surface area contributed by atoms with E-state index in [0.29, 0.717) is 0 Å². The molecular weight excluding hydrogens is 212 g/mol. The highest BCUT2D eigenvalue weighted by Crippen LogP contribution is 2.23. The minimum atomic E-state index is 1.09. The van der Waals surface area contributed by atoms with Gasteiger partial charge in [-0.3, -0.25) is 0 Å². The molecule has 2 rings (SSSR count). The first-order valence-corrected chi connectivity index (χ1v) is 6.39. The molecule has 2 nitrogen and oxygen atoms in total. The van der Waals surface area contributed by atoms with Gasteiger partial charge in [-0.2, -0.15) is 0 Å². The van der Waals surface area contributed by atoms with Gasteiger partial charge in [0.05, 0.1) is 10.2 Å². The Labute approximate surface area is 101 Å². The first-order chi connectivity index (χ1) is 7.61. The number of benzene rings is 1. The van der Waals surface area contributed by atoms with Gasteiger partial charge < -0.3 is 10.2 Å². The van der Waals surface area contributed by atoms with Crippen LogP contribution in [0.5, 0.6) is 0 Å². The minimum absolute atomic E-state index is 1.09. The second-order valence-electron chi connectivity index (χ2n) is 4.57. The third-order valence-electron chi connectivity index (χ3n) is 3.53. The standard InChI is InChI=1S/C13H19N2Si/c1-9-8-12(10(2)11(3)13(9)16)15-6-4-14-5-7-15/h8,14H,4-7H2,1-3H3. The van der Waals surface area contributed by atoms with Crippen LogP contribution >= 0.6 is 0 Å². The zero-order valence-corrected chi connectivity index (χ0v) is 11.4. The summed E-state index contributed by atoms with van der Waals surface area (Å²) in [6.45, 7) is 11.0. The first kappa shape index (κ1) is 11.7. The van der Waals surface area contributed by atoms with E-state index >= 15 is 0 Å². The smallest absolute Gasteiger partial charge is 0.0719 e. The largest absolute Gasteiger partial charge is 0.369 e. The van der Waals surface area contributed by atoms with Gasteiger partial charge in [0, 0.05) is 31.9 Å². The molecule has 3 heteroatoms. The summed E-state index contributed by atoms with van der Waals surface area (Å²) in [5.74, 6) is 0. The molecule has 0 atom stereocenters. The van der Waals surface area contributed by atoms with Crippen molar-refractivity contribution < 1.29 is 0 Å². The van der Waals surface area contributed by atoms with E-state index in [4.69, 9.17) is 0 Å². The lowest BCUT2D eigenvalue weighted by molar-refractivity contribution is 0.588. The average Bonchev–Trinajstić information content (AvgIpc) is 2.32. The second-order valence-corrected chi connectivity index (χ2v) is 5.07. The van der Waals surface area contributed by atoms with Gasteiger partial charge in [-0.05, 0) is 38.0 Å². The second kappa shape index (κ2) is 4.59. The molecule has 1 fully saturated rings. The van der Waals surface area contributed by atoms with E-state index < -0.39 is 0 Å². The van der Waals surface area contributed by atoms with Crippen LogP contribution in [-0.4, -0.2) is 36.4 Å². The number of anilines is 1. The van der Waals surface area contributed by atoms with Crippen LogP contribution in [0.4, 0.5) is 5.69 Å². The molecule has 0 saturated carbocycles. The van der Waals surface area contributed by atoms with Gasteiger partial charge in [-0.1, -0.05) is 10.8 Å². The average molecular weight is 231 g/mol. The van der Waals surface area contributed by atoms with Crippen LogP contribution in [-0.2, 0) is 0 Å². The molecule has 0 aliphatic carbocycles. The fourth-order valence-electron chi connectivity index (χ4n) is 2.30. The van der Waals surface area contributed by atoms with E-state index in [1.807, 2.05) is 0 Å². The molecule has 0 aromatic heterocycles. The van der Waals surface area contributed by atoms with Crippen molar-refractivity contribution in [3.05, 3.63) is 22.8 Å². The molecule has 1 N–H and O–H groups in total. The van der Waals surface area contributed by atoms with Gasteiger partial charge in [-0.15, -0.1) is 0 Å². The normalized spacial score (nSPS) is 16.6. The molecule has 1 aromatic rings.